The Morgan fingerprint density at radius 1 is 1.10 bits per heavy atom. The van der Waals surface area contributed by atoms with Gasteiger partial charge in [-0.1, -0.05) is 32.5 Å². The van der Waals surface area contributed by atoms with Crippen LogP contribution < -0.4 is 5.73 Å². The van der Waals surface area contributed by atoms with Crippen molar-refractivity contribution in [2.75, 3.05) is 0 Å². The van der Waals surface area contributed by atoms with Gasteiger partial charge in [0.15, 0.2) is 5.17 Å². The minimum Gasteiger partial charge on any atom is -0.393 e. The third-order valence-corrected chi connectivity index (χ3v) is 11.8. The maximum atomic E-state index is 12.2. The molecule has 174 valence electrons. The molecule has 4 fully saturated rings. The summed E-state index contributed by atoms with van der Waals surface area (Å²) < 4.78 is 0. The molecule has 1 amide bonds. The zero-order chi connectivity index (χ0) is 22.1. The number of carbonyl (C=O) groups excluding carboxylic acids is 1. The molecule has 31 heavy (non-hydrogen) atoms. The number of amides is 1. The average molecular weight is 449 g/mol. The number of nitrogens with zero attached hydrogens (tertiary/aromatic N) is 1. The summed E-state index contributed by atoms with van der Waals surface area (Å²) in [6, 6.07) is 0. The first-order valence-electron chi connectivity index (χ1n) is 12.5. The van der Waals surface area contributed by atoms with Crippen molar-refractivity contribution >= 4 is 22.8 Å². The predicted molar refractivity (Wildman–Crippen MR) is 124 cm³/mol. The molecule has 5 aliphatic rings. The van der Waals surface area contributed by atoms with Crippen LogP contribution in [0.3, 0.4) is 0 Å². The van der Waals surface area contributed by atoms with E-state index in [0.29, 0.717) is 40.7 Å². The Balaban J connectivity index is 1.34. The number of aliphatic hydroxyl groups excluding tert-OH is 2. The molecule has 0 saturated heterocycles. The summed E-state index contributed by atoms with van der Waals surface area (Å²) in [6.45, 7) is 7.28. The zero-order valence-electron chi connectivity index (χ0n) is 19.3. The van der Waals surface area contributed by atoms with Gasteiger partial charge in [-0.25, -0.2) is 0 Å². The topological polar surface area (TPSA) is 95.9 Å². The Bertz CT molecular complexity index is 774. The quantitative estimate of drug-likeness (QED) is 0.607. The van der Waals surface area contributed by atoms with E-state index < -0.39 is 0 Å². The zero-order valence-corrected chi connectivity index (χ0v) is 20.1. The van der Waals surface area contributed by atoms with Crippen LogP contribution in [0.4, 0.5) is 0 Å². The molecular formula is C25H40N2O3S. The van der Waals surface area contributed by atoms with Gasteiger partial charge in [-0.3, -0.25) is 4.79 Å². The van der Waals surface area contributed by atoms with Gasteiger partial charge in [-0.2, -0.15) is 4.99 Å². The highest BCUT2D eigenvalue weighted by Gasteiger charge is 2.63. The van der Waals surface area contributed by atoms with E-state index in [0.717, 1.165) is 32.1 Å². The molecule has 5 rings (SSSR count). The number of thioether (sulfide) groups is 1. The molecular weight excluding hydrogens is 408 g/mol. The number of aliphatic hydroxyl groups is 2. The standard InChI is InChI=1S/C25H40N2O3S/c1-13(10-20-22(30)27-23(26)31-20)16-4-5-17-21-18(7-9-25(16,17)3)24(2)8-6-15(28)11-14(24)12-19(21)29/h13-21,28-29H,4-12H2,1-3H3,(H2,26,27,30)/t13-,14+,15-,16?,17?,18?,19?,20+,21?,24+,25-/m1/s1. The average Bonchev–Trinajstić information content (AvgIpc) is 3.21. The predicted octanol–water partition coefficient (Wildman–Crippen LogP) is 3.96. The lowest BCUT2D eigenvalue weighted by molar-refractivity contribution is -0.174. The first-order valence-corrected chi connectivity index (χ1v) is 13.4. The number of nitrogens with two attached hydrogens (primary N) is 1. The summed E-state index contributed by atoms with van der Waals surface area (Å²) in [5.41, 5.74) is 6.31. The molecule has 4 N–H and O–H groups in total. The van der Waals surface area contributed by atoms with Gasteiger partial charge in [0.1, 0.15) is 0 Å². The Hall–Kier alpha value is -0.590. The van der Waals surface area contributed by atoms with Crippen molar-refractivity contribution in [3.63, 3.8) is 0 Å². The van der Waals surface area contributed by atoms with Crippen LogP contribution in [0.1, 0.15) is 78.6 Å². The molecule has 11 atom stereocenters. The molecule has 5 unspecified atom stereocenters. The Labute approximate surface area is 191 Å². The molecule has 1 aliphatic heterocycles. The molecule has 0 aromatic rings. The first-order chi connectivity index (χ1) is 14.6. The summed E-state index contributed by atoms with van der Waals surface area (Å²) in [5.74, 6) is 3.02. The highest BCUT2D eigenvalue weighted by Crippen LogP contribution is 2.68. The van der Waals surface area contributed by atoms with Crippen molar-refractivity contribution in [2.45, 2.75) is 96.0 Å². The third kappa shape index (κ3) is 3.42. The highest BCUT2D eigenvalue weighted by atomic mass is 32.2. The minimum atomic E-state index is -0.229. The fourth-order valence-electron chi connectivity index (χ4n) is 9.23. The molecule has 0 spiro atoms. The second-order valence-electron chi connectivity index (χ2n) is 12.1. The summed E-state index contributed by atoms with van der Waals surface area (Å²) in [6.07, 6.45) is 9.07. The van der Waals surface area contributed by atoms with Crippen LogP contribution in [0.5, 0.6) is 0 Å². The largest absolute Gasteiger partial charge is 0.393 e. The van der Waals surface area contributed by atoms with Crippen molar-refractivity contribution < 1.29 is 15.0 Å². The Morgan fingerprint density at radius 2 is 1.81 bits per heavy atom. The smallest absolute Gasteiger partial charge is 0.261 e. The molecule has 5 nitrogen and oxygen atoms in total. The second-order valence-corrected chi connectivity index (χ2v) is 13.3. The summed E-state index contributed by atoms with van der Waals surface area (Å²) in [4.78, 5) is 16.1. The third-order valence-electron chi connectivity index (χ3n) is 10.8. The fourth-order valence-corrected chi connectivity index (χ4v) is 10.2. The van der Waals surface area contributed by atoms with Crippen LogP contribution in [0.25, 0.3) is 0 Å². The monoisotopic (exact) mass is 448 g/mol. The van der Waals surface area contributed by atoms with Crippen LogP contribution in [-0.2, 0) is 4.79 Å². The van der Waals surface area contributed by atoms with Crippen molar-refractivity contribution in [2.24, 2.45) is 57.1 Å². The van der Waals surface area contributed by atoms with Gasteiger partial charge >= 0.3 is 0 Å². The van der Waals surface area contributed by atoms with E-state index in [1.54, 1.807) is 0 Å². The normalized spacial score (nSPS) is 52.8. The van der Waals surface area contributed by atoms with Crippen LogP contribution in [0.2, 0.25) is 0 Å². The van der Waals surface area contributed by atoms with Gasteiger partial charge in [0.2, 0.25) is 0 Å². The molecule has 4 aliphatic carbocycles. The maximum Gasteiger partial charge on any atom is 0.261 e. The van der Waals surface area contributed by atoms with E-state index >= 15 is 0 Å². The van der Waals surface area contributed by atoms with Gasteiger partial charge in [0.25, 0.3) is 5.91 Å². The number of rotatable bonds is 3. The van der Waals surface area contributed by atoms with Gasteiger partial charge in [0.05, 0.1) is 17.5 Å². The highest BCUT2D eigenvalue weighted by molar-refractivity contribution is 8.15. The first kappa shape index (κ1) is 22.2. The SMILES string of the molecule is C[C@H](C[C@@H]1SC(N)=NC1=O)C1CCC2C3C(O)C[C@@H]4C[C@H](O)CC[C@]4(C)C3CC[C@@]21C. The van der Waals surface area contributed by atoms with Gasteiger partial charge in [0, 0.05) is 0 Å². The second kappa shape index (κ2) is 7.73. The van der Waals surface area contributed by atoms with Crippen molar-refractivity contribution in [3.8, 4) is 0 Å². The molecule has 0 radical (unpaired) electrons. The lowest BCUT2D eigenvalue weighted by Gasteiger charge is -2.62. The lowest BCUT2D eigenvalue weighted by Crippen LogP contribution is -2.58. The number of fused-ring (bicyclic) bond motifs is 5. The maximum absolute atomic E-state index is 12.2. The van der Waals surface area contributed by atoms with E-state index in [9.17, 15) is 15.0 Å². The Kier molecular flexibility index (Phi) is 5.54. The number of carbonyl (C=O) groups is 1. The van der Waals surface area contributed by atoms with Crippen molar-refractivity contribution in [1.82, 2.24) is 0 Å². The molecule has 4 saturated carbocycles. The number of amidine groups is 1. The summed E-state index contributed by atoms with van der Waals surface area (Å²) in [7, 11) is 0. The number of hydrogen-bond donors (Lipinski definition) is 3. The molecule has 0 bridgehead atoms. The van der Waals surface area contributed by atoms with E-state index in [-0.39, 0.29) is 34.2 Å². The van der Waals surface area contributed by atoms with Crippen LogP contribution in [0, 0.1) is 46.3 Å². The number of aliphatic imine (C=N–C) groups is 1. The molecule has 0 aromatic carbocycles. The van der Waals surface area contributed by atoms with Crippen LogP contribution >= 0.6 is 11.8 Å². The molecule has 6 heteroatoms. The summed E-state index contributed by atoms with van der Waals surface area (Å²) in [5, 5.41) is 21.9. The van der Waals surface area contributed by atoms with Gasteiger partial charge < -0.3 is 15.9 Å². The van der Waals surface area contributed by atoms with E-state index in [1.807, 2.05) is 0 Å². The van der Waals surface area contributed by atoms with Crippen LogP contribution in [-0.4, -0.2) is 38.7 Å². The molecule has 0 aromatic heterocycles. The van der Waals surface area contributed by atoms with Crippen molar-refractivity contribution in [1.29, 1.82) is 0 Å². The van der Waals surface area contributed by atoms with Gasteiger partial charge in [-0.05, 0) is 104 Å². The molecule has 1 heterocycles. The number of hydrogen-bond acceptors (Lipinski definition) is 5. The van der Waals surface area contributed by atoms with Crippen LogP contribution in [0.15, 0.2) is 4.99 Å². The van der Waals surface area contributed by atoms with Crippen molar-refractivity contribution in [3.05, 3.63) is 0 Å². The summed E-state index contributed by atoms with van der Waals surface area (Å²) >= 11 is 1.44. The Morgan fingerprint density at radius 3 is 2.52 bits per heavy atom. The lowest BCUT2D eigenvalue weighted by atomic mass is 9.43. The van der Waals surface area contributed by atoms with E-state index in [1.165, 1.54) is 37.4 Å². The van der Waals surface area contributed by atoms with Gasteiger partial charge in [-0.15, -0.1) is 0 Å². The van der Waals surface area contributed by atoms with E-state index in [2.05, 4.69) is 25.8 Å². The minimum absolute atomic E-state index is 0.0566. The van der Waals surface area contributed by atoms with E-state index in [4.69, 9.17) is 5.73 Å². The fraction of sp³-hybridized carbons (Fsp3) is 0.920.